The Morgan fingerprint density at radius 1 is 1.24 bits per heavy atom. The minimum atomic E-state index is -0.414. The molecule has 1 saturated heterocycles. The molecule has 0 aromatic heterocycles. The number of carbonyl (C=O) groups excluding carboxylic acids is 2. The molecule has 1 heterocycles. The molecule has 0 radical (unpaired) electrons. The number of piperidine rings is 1. The molecule has 0 bridgehead atoms. The molecule has 2 unspecified atom stereocenters. The Hall–Kier alpha value is -1.10. The van der Waals surface area contributed by atoms with E-state index in [1.54, 1.807) is 4.90 Å². The molecule has 96 valence electrons. The molecule has 5 nitrogen and oxygen atoms in total. The summed E-state index contributed by atoms with van der Waals surface area (Å²) in [4.78, 5) is 25.0. The van der Waals surface area contributed by atoms with E-state index in [1.807, 2.05) is 0 Å². The summed E-state index contributed by atoms with van der Waals surface area (Å²) >= 11 is 0. The number of carbonyl (C=O) groups is 2. The molecular formula is C12H21N3O2. The van der Waals surface area contributed by atoms with Gasteiger partial charge in [0.2, 0.25) is 11.8 Å². The van der Waals surface area contributed by atoms with Crippen LogP contribution in [0.3, 0.4) is 0 Å². The first-order chi connectivity index (χ1) is 8.09. The fourth-order valence-electron chi connectivity index (χ4n) is 2.54. The van der Waals surface area contributed by atoms with Crippen LogP contribution in [0.15, 0.2) is 0 Å². The topological polar surface area (TPSA) is 89.4 Å². The van der Waals surface area contributed by atoms with Crippen LogP contribution in [-0.2, 0) is 9.59 Å². The van der Waals surface area contributed by atoms with E-state index in [-0.39, 0.29) is 11.9 Å². The van der Waals surface area contributed by atoms with Crippen LogP contribution < -0.4 is 11.5 Å². The summed E-state index contributed by atoms with van der Waals surface area (Å²) in [6.07, 6.45) is 5.23. The summed E-state index contributed by atoms with van der Waals surface area (Å²) < 4.78 is 0. The summed E-state index contributed by atoms with van der Waals surface area (Å²) in [6, 6.07) is -0.458. The van der Waals surface area contributed by atoms with Crippen molar-refractivity contribution >= 4 is 11.8 Å². The van der Waals surface area contributed by atoms with Crippen molar-refractivity contribution in [2.24, 2.45) is 17.4 Å². The van der Waals surface area contributed by atoms with Crippen LogP contribution in [-0.4, -0.2) is 35.3 Å². The molecule has 2 atom stereocenters. The molecule has 0 aromatic rings. The lowest BCUT2D eigenvalue weighted by Crippen LogP contribution is -2.51. The highest BCUT2D eigenvalue weighted by Gasteiger charge is 2.34. The SMILES string of the molecule is NC(=O)C1CCCCN1C(=O)CC(N)C1CC1. The summed E-state index contributed by atoms with van der Waals surface area (Å²) in [5, 5.41) is 0. The van der Waals surface area contributed by atoms with Gasteiger partial charge in [-0.2, -0.15) is 0 Å². The van der Waals surface area contributed by atoms with Crippen molar-refractivity contribution in [2.75, 3.05) is 6.54 Å². The molecule has 4 N–H and O–H groups in total. The van der Waals surface area contributed by atoms with Gasteiger partial charge >= 0.3 is 0 Å². The number of rotatable bonds is 4. The average molecular weight is 239 g/mol. The predicted octanol–water partition coefficient (Wildman–Crippen LogP) is -0.0198. The number of nitrogens with two attached hydrogens (primary N) is 2. The zero-order valence-corrected chi connectivity index (χ0v) is 10.1. The maximum absolute atomic E-state index is 12.1. The van der Waals surface area contributed by atoms with Gasteiger partial charge in [0.25, 0.3) is 0 Å². The maximum Gasteiger partial charge on any atom is 0.240 e. The quantitative estimate of drug-likeness (QED) is 0.722. The van der Waals surface area contributed by atoms with Gasteiger partial charge in [-0.15, -0.1) is 0 Å². The van der Waals surface area contributed by atoms with Crippen molar-refractivity contribution < 1.29 is 9.59 Å². The summed E-state index contributed by atoms with van der Waals surface area (Å²) in [7, 11) is 0. The van der Waals surface area contributed by atoms with Gasteiger partial charge in [0.05, 0.1) is 0 Å². The minimum absolute atomic E-state index is 0.00657. The van der Waals surface area contributed by atoms with E-state index in [1.165, 1.54) is 0 Å². The van der Waals surface area contributed by atoms with E-state index in [0.717, 1.165) is 25.7 Å². The van der Waals surface area contributed by atoms with Crippen LogP contribution in [0.1, 0.15) is 38.5 Å². The average Bonchev–Trinajstić information content (AvgIpc) is 3.12. The molecule has 17 heavy (non-hydrogen) atoms. The predicted molar refractivity (Wildman–Crippen MR) is 63.9 cm³/mol. The van der Waals surface area contributed by atoms with Crippen molar-refractivity contribution in [1.82, 2.24) is 4.90 Å². The first-order valence-corrected chi connectivity index (χ1v) is 6.44. The number of amides is 2. The highest BCUT2D eigenvalue weighted by atomic mass is 16.2. The van der Waals surface area contributed by atoms with E-state index >= 15 is 0 Å². The Kier molecular flexibility index (Phi) is 3.66. The lowest BCUT2D eigenvalue weighted by molar-refractivity contribution is -0.141. The molecule has 0 spiro atoms. The molecule has 5 heteroatoms. The Bertz CT molecular complexity index is 315. The maximum atomic E-state index is 12.1. The zero-order chi connectivity index (χ0) is 12.4. The largest absolute Gasteiger partial charge is 0.368 e. The van der Waals surface area contributed by atoms with Gasteiger partial charge in [-0.3, -0.25) is 9.59 Å². The van der Waals surface area contributed by atoms with Crippen molar-refractivity contribution in [3.63, 3.8) is 0 Å². The van der Waals surface area contributed by atoms with Crippen molar-refractivity contribution in [2.45, 2.75) is 50.6 Å². The molecule has 2 fully saturated rings. The summed E-state index contributed by atoms with van der Waals surface area (Å²) in [5.41, 5.74) is 11.3. The zero-order valence-electron chi connectivity index (χ0n) is 10.1. The van der Waals surface area contributed by atoms with Gasteiger partial charge in [-0.05, 0) is 38.0 Å². The molecule has 1 aliphatic heterocycles. The molecule has 1 aliphatic carbocycles. The number of nitrogens with zero attached hydrogens (tertiary/aromatic N) is 1. The highest BCUT2D eigenvalue weighted by Crippen LogP contribution is 2.33. The van der Waals surface area contributed by atoms with Crippen LogP contribution in [0, 0.1) is 5.92 Å². The van der Waals surface area contributed by atoms with Gasteiger partial charge in [0, 0.05) is 19.0 Å². The third-order valence-electron chi connectivity index (χ3n) is 3.79. The van der Waals surface area contributed by atoms with E-state index in [0.29, 0.717) is 25.3 Å². The second kappa shape index (κ2) is 5.04. The normalized spacial score (nSPS) is 26.6. The van der Waals surface area contributed by atoms with Crippen LogP contribution in [0.25, 0.3) is 0 Å². The monoisotopic (exact) mass is 239 g/mol. The van der Waals surface area contributed by atoms with E-state index in [2.05, 4.69) is 0 Å². The third kappa shape index (κ3) is 2.97. The molecule has 2 aliphatic rings. The number of hydrogen-bond acceptors (Lipinski definition) is 3. The van der Waals surface area contributed by atoms with Crippen LogP contribution in [0.5, 0.6) is 0 Å². The van der Waals surface area contributed by atoms with E-state index < -0.39 is 11.9 Å². The van der Waals surface area contributed by atoms with Crippen molar-refractivity contribution in [3.05, 3.63) is 0 Å². The second-order valence-electron chi connectivity index (χ2n) is 5.21. The van der Waals surface area contributed by atoms with E-state index in [4.69, 9.17) is 11.5 Å². The van der Waals surface area contributed by atoms with Gasteiger partial charge in [0.1, 0.15) is 6.04 Å². The Labute approximate surface area is 102 Å². The first-order valence-electron chi connectivity index (χ1n) is 6.44. The van der Waals surface area contributed by atoms with Crippen LogP contribution in [0.4, 0.5) is 0 Å². The number of primary amides is 1. The minimum Gasteiger partial charge on any atom is -0.368 e. The van der Waals surface area contributed by atoms with Crippen molar-refractivity contribution in [1.29, 1.82) is 0 Å². The van der Waals surface area contributed by atoms with Gasteiger partial charge in [0.15, 0.2) is 0 Å². The molecule has 2 rings (SSSR count). The lowest BCUT2D eigenvalue weighted by atomic mass is 10.00. The molecule has 1 saturated carbocycles. The van der Waals surface area contributed by atoms with Gasteiger partial charge in [-0.25, -0.2) is 0 Å². The van der Waals surface area contributed by atoms with E-state index in [9.17, 15) is 9.59 Å². The number of hydrogen-bond donors (Lipinski definition) is 2. The molecule has 0 aromatic carbocycles. The van der Waals surface area contributed by atoms with Gasteiger partial charge in [-0.1, -0.05) is 0 Å². The van der Waals surface area contributed by atoms with Crippen LogP contribution in [0.2, 0.25) is 0 Å². The fourth-order valence-corrected chi connectivity index (χ4v) is 2.54. The van der Waals surface area contributed by atoms with Crippen molar-refractivity contribution in [3.8, 4) is 0 Å². The Balaban J connectivity index is 1.92. The highest BCUT2D eigenvalue weighted by molar-refractivity contribution is 5.87. The molecular weight excluding hydrogens is 218 g/mol. The summed E-state index contributed by atoms with van der Waals surface area (Å²) in [6.45, 7) is 0.643. The van der Waals surface area contributed by atoms with Crippen LogP contribution >= 0.6 is 0 Å². The first kappa shape index (κ1) is 12.4. The smallest absolute Gasteiger partial charge is 0.240 e. The second-order valence-corrected chi connectivity index (χ2v) is 5.21. The third-order valence-corrected chi connectivity index (χ3v) is 3.79. The Morgan fingerprint density at radius 3 is 2.53 bits per heavy atom. The van der Waals surface area contributed by atoms with Gasteiger partial charge < -0.3 is 16.4 Å². The number of likely N-dealkylation sites (tertiary alicyclic amines) is 1. The lowest BCUT2D eigenvalue weighted by Gasteiger charge is -2.34. The standard InChI is InChI=1S/C12H21N3O2/c13-9(8-4-5-8)7-11(16)15-6-2-1-3-10(15)12(14)17/h8-10H,1-7,13H2,(H2,14,17). The Morgan fingerprint density at radius 2 is 1.94 bits per heavy atom. The summed E-state index contributed by atoms with van der Waals surface area (Å²) in [5.74, 6) is 0.113. The fraction of sp³-hybridized carbons (Fsp3) is 0.833. The molecule has 2 amide bonds.